The van der Waals surface area contributed by atoms with Crippen LogP contribution in [0.25, 0.3) is 0 Å². The molecular weight excluding hydrogens is 146 g/mol. The second-order valence-corrected chi connectivity index (χ2v) is 1.89. The molecule has 2 N–H and O–H groups in total. The first-order valence-corrected chi connectivity index (χ1v) is 3.20. The fourth-order valence-electron chi connectivity index (χ4n) is 0.511. The van der Waals surface area contributed by atoms with Crippen LogP contribution in [0, 0.1) is 5.41 Å². The van der Waals surface area contributed by atoms with E-state index in [-0.39, 0.29) is 17.9 Å². The molecule has 0 aromatic carbocycles. The van der Waals surface area contributed by atoms with E-state index in [4.69, 9.17) is 10.5 Å². The number of aliphatic hydroxyl groups excluding tert-OH is 1. The van der Waals surface area contributed by atoms with E-state index in [1.54, 1.807) is 6.92 Å². The summed E-state index contributed by atoms with van der Waals surface area (Å²) < 4.78 is 4.55. The molecule has 0 aliphatic rings. The molecule has 0 saturated heterocycles. The molecule has 0 fully saturated rings. The molecule has 0 unspecified atom stereocenters. The Labute approximate surface area is 65.0 Å². The van der Waals surface area contributed by atoms with Gasteiger partial charge in [0.25, 0.3) is 0 Å². The fraction of sp³-hybridized carbons (Fsp3) is 0.429. The van der Waals surface area contributed by atoms with E-state index >= 15 is 0 Å². The Kier molecular flexibility index (Phi) is 3.95. The van der Waals surface area contributed by atoms with Gasteiger partial charge in [-0.3, -0.25) is 0 Å². The third-order valence-electron chi connectivity index (χ3n) is 1.03. The molecule has 0 saturated carbocycles. The average Bonchev–Trinajstić information content (AvgIpc) is 1.88. The second kappa shape index (κ2) is 4.49. The predicted molar refractivity (Wildman–Crippen MR) is 40.7 cm³/mol. The summed E-state index contributed by atoms with van der Waals surface area (Å²) in [5.74, 6) is -0.664. The summed E-state index contributed by atoms with van der Waals surface area (Å²) in [4.78, 5) is 10.8. The van der Waals surface area contributed by atoms with Crippen LogP contribution < -0.4 is 0 Å². The van der Waals surface area contributed by atoms with Gasteiger partial charge >= 0.3 is 5.97 Å². The topological polar surface area (TPSA) is 70.4 Å². The molecule has 0 aliphatic heterocycles. The monoisotopic (exact) mass is 157 g/mol. The second-order valence-electron chi connectivity index (χ2n) is 1.89. The average molecular weight is 157 g/mol. The lowest BCUT2D eigenvalue weighted by Gasteiger charge is -2.02. The first-order valence-electron chi connectivity index (χ1n) is 3.20. The Morgan fingerprint density at radius 3 is 2.55 bits per heavy atom. The van der Waals surface area contributed by atoms with E-state index in [2.05, 4.69) is 4.74 Å². The van der Waals surface area contributed by atoms with Gasteiger partial charge in [0, 0.05) is 5.71 Å². The van der Waals surface area contributed by atoms with Crippen molar-refractivity contribution >= 4 is 11.7 Å². The molecule has 0 atom stereocenters. The van der Waals surface area contributed by atoms with E-state index in [0.717, 1.165) is 0 Å². The number of carbonyl (C=O) groups is 1. The van der Waals surface area contributed by atoms with Crippen LogP contribution in [0.15, 0.2) is 11.8 Å². The molecule has 0 bridgehead atoms. The lowest BCUT2D eigenvalue weighted by molar-refractivity contribution is -0.137. The molecular formula is C7H11NO3. The Balaban J connectivity index is 4.29. The normalized spacial score (nSPS) is 10.9. The Hall–Kier alpha value is -1.32. The zero-order valence-electron chi connectivity index (χ0n) is 6.55. The van der Waals surface area contributed by atoms with Crippen molar-refractivity contribution in [1.29, 1.82) is 5.41 Å². The fourth-order valence-corrected chi connectivity index (χ4v) is 0.511. The van der Waals surface area contributed by atoms with Crippen molar-refractivity contribution < 1.29 is 14.6 Å². The number of hydrogen-bond donors (Lipinski definition) is 2. The van der Waals surface area contributed by atoms with E-state index in [1.807, 2.05) is 0 Å². The quantitative estimate of drug-likeness (QED) is 0.278. The van der Waals surface area contributed by atoms with Crippen molar-refractivity contribution in [3.63, 3.8) is 0 Å². The molecule has 0 spiro atoms. The van der Waals surface area contributed by atoms with Crippen LogP contribution in [0.1, 0.15) is 13.8 Å². The summed E-state index contributed by atoms with van der Waals surface area (Å²) in [7, 11) is 0. The maximum atomic E-state index is 10.8. The summed E-state index contributed by atoms with van der Waals surface area (Å²) in [6.07, 6.45) is 0.584. The molecule has 0 aromatic rings. The van der Waals surface area contributed by atoms with Gasteiger partial charge in [-0.25, -0.2) is 4.79 Å². The van der Waals surface area contributed by atoms with Gasteiger partial charge < -0.3 is 15.3 Å². The van der Waals surface area contributed by atoms with Crippen molar-refractivity contribution in [3.05, 3.63) is 11.8 Å². The predicted octanol–water partition coefficient (Wildman–Crippen LogP) is 1.03. The highest BCUT2D eigenvalue weighted by atomic mass is 16.5. The summed E-state index contributed by atoms with van der Waals surface area (Å²) in [5.41, 5.74) is -0.113. The van der Waals surface area contributed by atoms with E-state index in [0.29, 0.717) is 6.26 Å². The number of hydrogen-bond acceptors (Lipinski definition) is 4. The molecule has 4 heteroatoms. The highest BCUT2D eigenvalue weighted by Crippen LogP contribution is 1.98. The van der Waals surface area contributed by atoms with Crippen molar-refractivity contribution in [2.24, 2.45) is 0 Å². The highest BCUT2D eigenvalue weighted by Gasteiger charge is 2.11. The van der Waals surface area contributed by atoms with Gasteiger partial charge in [0.1, 0.15) is 5.57 Å². The third kappa shape index (κ3) is 2.84. The van der Waals surface area contributed by atoms with E-state index in [1.165, 1.54) is 6.92 Å². The summed E-state index contributed by atoms with van der Waals surface area (Å²) in [6.45, 7) is 3.30. The minimum Gasteiger partial charge on any atom is -0.515 e. The molecule has 11 heavy (non-hydrogen) atoms. The van der Waals surface area contributed by atoms with Crippen LogP contribution in [-0.2, 0) is 9.53 Å². The van der Waals surface area contributed by atoms with Gasteiger partial charge in [0.15, 0.2) is 0 Å². The van der Waals surface area contributed by atoms with Gasteiger partial charge in [-0.2, -0.15) is 0 Å². The summed E-state index contributed by atoms with van der Waals surface area (Å²) >= 11 is 0. The third-order valence-corrected chi connectivity index (χ3v) is 1.03. The first-order chi connectivity index (χ1) is 5.13. The molecule has 0 rings (SSSR count). The van der Waals surface area contributed by atoms with Crippen molar-refractivity contribution in [2.45, 2.75) is 13.8 Å². The molecule has 0 aromatic heterocycles. The van der Waals surface area contributed by atoms with Crippen LogP contribution in [0.4, 0.5) is 0 Å². The van der Waals surface area contributed by atoms with Gasteiger partial charge in [0.2, 0.25) is 0 Å². The number of aliphatic hydroxyl groups is 1. The molecule has 0 radical (unpaired) electrons. The zero-order chi connectivity index (χ0) is 8.85. The van der Waals surface area contributed by atoms with Crippen molar-refractivity contribution in [1.82, 2.24) is 0 Å². The Morgan fingerprint density at radius 1 is 1.73 bits per heavy atom. The van der Waals surface area contributed by atoms with Gasteiger partial charge in [-0.1, -0.05) is 0 Å². The molecule has 0 heterocycles. The van der Waals surface area contributed by atoms with Crippen LogP contribution in [0.3, 0.4) is 0 Å². The zero-order valence-corrected chi connectivity index (χ0v) is 6.55. The Bertz CT molecular complexity index is 196. The van der Waals surface area contributed by atoms with E-state index < -0.39 is 5.97 Å². The maximum absolute atomic E-state index is 10.8. The SMILES string of the molecule is CCOC(=O)/C(=C\O)C(C)=N. The maximum Gasteiger partial charge on any atom is 0.343 e. The molecule has 4 nitrogen and oxygen atoms in total. The molecule has 62 valence electrons. The molecule has 0 aliphatic carbocycles. The van der Waals surface area contributed by atoms with Crippen molar-refractivity contribution in [2.75, 3.05) is 6.61 Å². The number of rotatable bonds is 3. The van der Waals surface area contributed by atoms with Crippen molar-refractivity contribution in [3.8, 4) is 0 Å². The number of nitrogens with one attached hydrogen (secondary N) is 1. The largest absolute Gasteiger partial charge is 0.515 e. The van der Waals surface area contributed by atoms with Crippen LogP contribution >= 0.6 is 0 Å². The van der Waals surface area contributed by atoms with E-state index in [9.17, 15) is 4.79 Å². The summed E-state index contributed by atoms with van der Waals surface area (Å²) in [6, 6.07) is 0. The lowest BCUT2D eigenvalue weighted by atomic mass is 10.2. The smallest absolute Gasteiger partial charge is 0.343 e. The standard InChI is InChI=1S/C7H11NO3/c1-3-11-7(10)6(4-9)5(2)8/h4,8-9H,3H2,1-2H3/b6-4-,8-5?. The number of carbonyl (C=O) groups excluding carboxylic acids is 1. The van der Waals surface area contributed by atoms with Crippen LogP contribution in [0.5, 0.6) is 0 Å². The minimum atomic E-state index is -0.664. The number of esters is 1. The summed E-state index contributed by atoms with van der Waals surface area (Å²) in [5, 5.41) is 15.5. The van der Waals surface area contributed by atoms with Gasteiger partial charge in [0.05, 0.1) is 12.9 Å². The van der Waals surface area contributed by atoms with Gasteiger partial charge in [-0.05, 0) is 13.8 Å². The Morgan fingerprint density at radius 2 is 2.27 bits per heavy atom. The van der Waals surface area contributed by atoms with Crippen LogP contribution in [-0.4, -0.2) is 23.4 Å². The molecule has 0 amide bonds. The highest BCUT2D eigenvalue weighted by molar-refractivity contribution is 6.17. The van der Waals surface area contributed by atoms with Gasteiger partial charge in [-0.15, -0.1) is 0 Å². The number of ether oxygens (including phenoxy) is 1. The first kappa shape index (κ1) is 9.68. The lowest BCUT2D eigenvalue weighted by Crippen LogP contribution is -2.13. The minimum absolute atomic E-state index is 0.00838. The van der Waals surface area contributed by atoms with Crippen LogP contribution in [0.2, 0.25) is 0 Å².